The lowest BCUT2D eigenvalue weighted by atomic mass is 9.82. The molecule has 8 nitrogen and oxygen atoms in total. The molecule has 4 rings (SSSR count). The maximum atomic E-state index is 14.8. The van der Waals surface area contributed by atoms with Gasteiger partial charge < -0.3 is 10.5 Å². The van der Waals surface area contributed by atoms with Crippen molar-refractivity contribution in [2.45, 2.75) is 42.6 Å². The van der Waals surface area contributed by atoms with E-state index in [0.717, 1.165) is 37.2 Å². The van der Waals surface area contributed by atoms with Crippen molar-refractivity contribution in [2.24, 2.45) is 0 Å². The Morgan fingerprint density at radius 3 is 2.59 bits per heavy atom. The second-order valence-electron chi connectivity index (χ2n) is 7.47. The number of rotatable bonds is 6. The van der Waals surface area contributed by atoms with E-state index in [1.807, 2.05) is 6.07 Å². The molecule has 0 amide bonds. The molecule has 1 aromatic carbocycles. The molecule has 0 saturated heterocycles. The summed E-state index contributed by atoms with van der Waals surface area (Å²) in [6.45, 7) is 0. The average molecular weight is 461 g/mol. The van der Waals surface area contributed by atoms with Crippen molar-refractivity contribution in [1.29, 1.82) is 0 Å². The fourth-order valence-corrected chi connectivity index (χ4v) is 4.91. The number of hydrogen-bond donors (Lipinski definition) is 2. The van der Waals surface area contributed by atoms with Crippen LogP contribution in [0.15, 0.2) is 53.9 Å². The topological polar surface area (TPSA) is 120 Å². The number of sulfonamides is 1. The summed E-state index contributed by atoms with van der Waals surface area (Å²) in [5.41, 5.74) is 6.70. The second-order valence-corrected chi connectivity index (χ2v) is 9.13. The fourth-order valence-electron chi connectivity index (χ4n) is 3.83. The van der Waals surface area contributed by atoms with Crippen molar-refractivity contribution in [3.8, 4) is 5.75 Å². The minimum Gasteiger partial charge on any atom is -0.487 e. The first-order chi connectivity index (χ1) is 15.3. The molecule has 1 aliphatic rings. The Morgan fingerprint density at radius 1 is 1.03 bits per heavy atom. The Balaban J connectivity index is 1.59. The fraction of sp³-hybridized carbons (Fsp3) is 0.286. The Labute approximate surface area is 183 Å². The van der Waals surface area contributed by atoms with Gasteiger partial charge in [-0.15, -0.1) is 0 Å². The van der Waals surface area contributed by atoms with Crippen molar-refractivity contribution >= 4 is 21.7 Å². The van der Waals surface area contributed by atoms with Gasteiger partial charge in [0.2, 0.25) is 0 Å². The third-order valence-electron chi connectivity index (χ3n) is 5.31. The number of nitrogens with two attached hydrogens (primary N) is 1. The molecule has 3 aromatic rings. The largest absolute Gasteiger partial charge is 0.487 e. The number of hydrogen-bond acceptors (Lipinski definition) is 7. The SMILES string of the molecule is Nc1cc(C2CCCCC2Oc2cc(F)c(S(=O)(=O)Nc3ccncn3)cc2F)ccn1. The zero-order chi connectivity index (χ0) is 22.7. The second kappa shape index (κ2) is 9.03. The molecule has 0 aliphatic heterocycles. The highest BCUT2D eigenvalue weighted by Crippen LogP contribution is 2.37. The molecule has 1 saturated carbocycles. The number of nitrogens with zero attached hydrogens (tertiary/aromatic N) is 3. The van der Waals surface area contributed by atoms with Gasteiger partial charge in [0.1, 0.15) is 34.8 Å². The van der Waals surface area contributed by atoms with Crippen molar-refractivity contribution in [3.05, 3.63) is 66.3 Å². The number of pyridine rings is 1. The first-order valence-electron chi connectivity index (χ1n) is 9.99. The number of nitrogens with one attached hydrogen (secondary N) is 1. The number of ether oxygens (including phenoxy) is 1. The third kappa shape index (κ3) is 4.77. The number of benzene rings is 1. The summed E-state index contributed by atoms with van der Waals surface area (Å²) in [6, 6.07) is 6.23. The van der Waals surface area contributed by atoms with E-state index in [1.54, 1.807) is 12.3 Å². The molecule has 168 valence electrons. The van der Waals surface area contributed by atoms with Crippen LogP contribution in [0, 0.1) is 11.6 Å². The average Bonchev–Trinajstić information content (AvgIpc) is 2.77. The maximum Gasteiger partial charge on any atom is 0.266 e. The van der Waals surface area contributed by atoms with E-state index in [-0.39, 0.29) is 17.5 Å². The summed E-state index contributed by atoms with van der Waals surface area (Å²) in [6.07, 6.45) is 6.91. The van der Waals surface area contributed by atoms with E-state index >= 15 is 0 Å². The molecule has 11 heteroatoms. The standard InChI is InChI=1S/C21H21F2N5O3S/c22-15-11-19(32(29,30)28-21-6-7-25-12-27-21)16(23)10-18(15)31-17-4-2-1-3-14(17)13-5-8-26-20(24)9-13/h5-12,14,17H,1-4H2,(H2,24,26)(H,25,27,28). The van der Waals surface area contributed by atoms with Crippen LogP contribution in [0.3, 0.4) is 0 Å². The smallest absolute Gasteiger partial charge is 0.266 e. The van der Waals surface area contributed by atoms with Crippen LogP contribution in [-0.4, -0.2) is 29.5 Å². The van der Waals surface area contributed by atoms with Crippen molar-refractivity contribution < 1.29 is 21.9 Å². The van der Waals surface area contributed by atoms with Gasteiger partial charge in [0, 0.05) is 30.4 Å². The highest BCUT2D eigenvalue weighted by Gasteiger charge is 2.30. The minimum absolute atomic E-state index is 0.0678. The van der Waals surface area contributed by atoms with Crippen LogP contribution < -0.4 is 15.2 Å². The minimum atomic E-state index is -4.41. The predicted molar refractivity (Wildman–Crippen MR) is 113 cm³/mol. The number of aromatic nitrogens is 3. The van der Waals surface area contributed by atoms with Crippen LogP contribution in [0.5, 0.6) is 5.75 Å². The molecule has 32 heavy (non-hydrogen) atoms. The zero-order valence-corrected chi connectivity index (χ0v) is 17.7. The summed E-state index contributed by atoms with van der Waals surface area (Å²) < 4.78 is 62.5. The normalized spacial score (nSPS) is 18.8. The number of nitrogen functional groups attached to an aromatic ring is 1. The molecule has 1 aliphatic carbocycles. The van der Waals surface area contributed by atoms with E-state index in [1.165, 1.54) is 12.3 Å². The first-order valence-corrected chi connectivity index (χ1v) is 11.5. The van der Waals surface area contributed by atoms with Gasteiger partial charge in [-0.05, 0) is 43.0 Å². The number of halogens is 2. The number of anilines is 2. The van der Waals surface area contributed by atoms with E-state index in [2.05, 4.69) is 19.7 Å². The van der Waals surface area contributed by atoms with Gasteiger partial charge in [-0.25, -0.2) is 32.2 Å². The molecular formula is C21H21F2N5O3S. The van der Waals surface area contributed by atoms with Crippen LogP contribution in [0.2, 0.25) is 0 Å². The molecule has 2 atom stereocenters. The lowest BCUT2D eigenvalue weighted by Gasteiger charge is -2.32. The van der Waals surface area contributed by atoms with Crippen molar-refractivity contribution in [3.63, 3.8) is 0 Å². The lowest BCUT2D eigenvalue weighted by Crippen LogP contribution is -2.29. The highest BCUT2D eigenvalue weighted by molar-refractivity contribution is 7.92. The van der Waals surface area contributed by atoms with E-state index in [4.69, 9.17) is 10.5 Å². The van der Waals surface area contributed by atoms with Crippen molar-refractivity contribution in [1.82, 2.24) is 15.0 Å². The van der Waals surface area contributed by atoms with Crippen LogP contribution >= 0.6 is 0 Å². The summed E-state index contributed by atoms with van der Waals surface area (Å²) >= 11 is 0. The van der Waals surface area contributed by atoms with Crippen LogP contribution in [0.4, 0.5) is 20.4 Å². The van der Waals surface area contributed by atoms with Crippen LogP contribution in [0.25, 0.3) is 0 Å². The quantitative estimate of drug-likeness (QED) is 0.575. The molecule has 1 fully saturated rings. The maximum absolute atomic E-state index is 14.8. The van der Waals surface area contributed by atoms with Crippen LogP contribution in [0.1, 0.15) is 37.2 Å². The van der Waals surface area contributed by atoms with Gasteiger partial charge in [0.25, 0.3) is 10.0 Å². The van der Waals surface area contributed by atoms with Gasteiger partial charge in [-0.2, -0.15) is 0 Å². The highest BCUT2D eigenvalue weighted by atomic mass is 32.2. The summed E-state index contributed by atoms with van der Waals surface area (Å²) in [5, 5.41) is 0. The summed E-state index contributed by atoms with van der Waals surface area (Å²) in [5.74, 6) is -2.23. The summed E-state index contributed by atoms with van der Waals surface area (Å²) in [4.78, 5) is 10.5. The Bertz CT molecular complexity index is 1210. The molecular weight excluding hydrogens is 440 g/mol. The summed E-state index contributed by atoms with van der Waals surface area (Å²) in [7, 11) is -4.41. The lowest BCUT2D eigenvalue weighted by molar-refractivity contribution is 0.124. The monoisotopic (exact) mass is 461 g/mol. The van der Waals surface area contributed by atoms with Crippen LogP contribution in [-0.2, 0) is 10.0 Å². The van der Waals surface area contributed by atoms with E-state index in [9.17, 15) is 17.2 Å². The molecule has 0 radical (unpaired) electrons. The molecule has 2 aromatic heterocycles. The van der Waals surface area contributed by atoms with E-state index < -0.39 is 32.7 Å². The van der Waals surface area contributed by atoms with Gasteiger partial charge >= 0.3 is 0 Å². The molecule has 0 spiro atoms. The zero-order valence-electron chi connectivity index (χ0n) is 16.9. The molecule has 2 heterocycles. The Kier molecular flexibility index (Phi) is 6.17. The van der Waals surface area contributed by atoms with E-state index in [0.29, 0.717) is 18.3 Å². The predicted octanol–water partition coefficient (Wildman–Crippen LogP) is 3.64. The van der Waals surface area contributed by atoms with Crippen molar-refractivity contribution in [2.75, 3.05) is 10.5 Å². The van der Waals surface area contributed by atoms with Gasteiger partial charge in [-0.3, -0.25) is 4.72 Å². The first kappa shape index (κ1) is 21.9. The molecule has 2 unspecified atom stereocenters. The molecule has 3 N–H and O–H groups in total. The molecule has 0 bridgehead atoms. The Hall–Kier alpha value is -3.34. The Morgan fingerprint density at radius 2 is 1.84 bits per heavy atom. The van der Waals surface area contributed by atoms with Gasteiger partial charge in [-0.1, -0.05) is 6.42 Å². The van der Waals surface area contributed by atoms with Gasteiger partial charge in [0.05, 0.1) is 0 Å². The third-order valence-corrected chi connectivity index (χ3v) is 6.68. The van der Waals surface area contributed by atoms with Gasteiger partial charge in [0.15, 0.2) is 11.6 Å².